The van der Waals surface area contributed by atoms with E-state index in [1.807, 2.05) is 30.3 Å². The molecule has 0 aliphatic carbocycles. The lowest BCUT2D eigenvalue weighted by molar-refractivity contribution is 0.0216. The zero-order chi connectivity index (χ0) is 13.4. The number of hydrogen-bond acceptors (Lipinski definition) is 3. The fraction of sp³-hybridized carbons (Fsp3) is 0.133. The van der Waals surface area contributed by atoms with Gasteiger partial charge in [0.05, 0.1) is 5.56 Å². The Morgan fingerprint density at radius 1 is 1.11 bits per heavy atom. The molecule has 0 unspecified atom stereocenters. The van der Waals surface area contributed by atoms with E-state index in [-0.39, 0.29) is 5.78 Å². The Bertz CT molecular complexity index is 625. The minimum absolute atomic E-state index is 0.326. The van der Waals surface area contributed by atoms with Crippen LogP contribution in [-0.4, -0.2) is 17.0 Å². The van der Waals surface area contributed by atoms with Gasteiger partial charge in [-0.1, -0.05) is 41.9 Å². The average Bonchev–Trinajstić information content (AvgIpc) is 2.44. The highest BCUT2D eigenvalue weighted by Gasteiger charge is 2.36. The molecule has 1 N–H and O–H groups in total. The van der Waals surface area contributed by atoms with Crippen LogP contribution in [0.1, 0.15) is 22.0 Å². The standard InChI is InChI=1S/C15H11ClO3/c16-10-6-7-12-11(8-10)13(17)14(18)15(19-12)9-4-2-1-3-5-9/h1-8,14-15,18H/t14-,15+/m0/s1. The summed E-state index contributed by atoms with van der Waals surface area (Å²) in [6, 6.07) is 14.0. The van der Waals surface area contributed by atoms with Gasteiger partial charge < -0.3 is 9.84 Å². The minimum atomic E-state index is -1.21. The van der Waals surface area contributed by atoms with Crippen LogP contribution in [0.5, 0.6) is 5.75 Å². The fourth-order valence-corrected chi connectivity index (χ4v) is 2.36. The number of hydrogen-bond donors (Lipinski definition) is 1. The second-order valence-corrected chi connectivity index (χ2v) is 4.84. The molecule has 4 heteroatoms. The molecule has 2 atom stereocenters. The maximum absolute atomic E-state index is 12.2. The lowest BCUT2D eigenvalue weighted by Crippen LogP contribution is -2.36. The molecule has 0 radical (unpaired) electrons. The predicted octanol–water partition coefficient (Wildman–Crippen LogP) is 3.02. The Morgan fingerprint density at radius 2 is 1.84 bits per heavy atom. The number of Topliss-reactive ketones (excluding diaryl/α,β-unsaturated/α-hetero) is 1. The second-order valence-electron chi connectivity index (χ2n) is 4.40. The number of aliphatic hydroxyl groups excluding tert-OH is 1. The van der Waals surface area contributed by atoms with Crippen LogP contribution in [0.2, 0.25) is 5.02 Å². The summed E-state index contributed by atoms with van der Waals surface area (Å²) in [6.07, 6.45) is -1.89. The van der Waals surface area contributed by atoms with Crippen LogP contribution in [0.25, 0.3) is 0 Å². The van der Waals surface area contributed by atoms with Crippen molar-refractivity contribution in [3.8, 4) is 5.75 Å². The van der Waals surface area contributed by atoms with Gasteiger partial charge in [0.1, 0.15) is 5.75 Å². The smallest absolute Gasteiger partial charge is 0.199 e. The molecule has 19 heavy (non-hydrogen) atoms. The Hall–Kier alpha value is -1.84. The van der Waals surface area contributed by atoms with Gasteiger partial charge in [-0.2, -0.15) is 0 Å². The number of rotatable bonds is 1. The molecule has 1 aliphatic rings. The van der Waals surface area contributed by atoms with E-state index in [0.717, 1.165) is 5.56 Å². The molecule has 2 aromatic carbocycles. The van der Waals surface area contributed by atoms with Gasteiger partial charge in [0.2, 0.25) is 0 Å². The topological polar surface area (TPSA) is 46.5 Å². The van der Waals surface area contributed by atoms with E-state index in [0.29, 0.717) is 16.3 Å². The molecule has 3 nitrogen and oxygen atoms in total. The number of carbonyl (C=O) groups excluding carboxylic acids is 1. The van der Waals surface area contributed by atoms with E-state index in [4.69, 9.17) is 16.3 Å². The summed E-state index contributed by atoms with van der Waals surface area (Å²) in [6.45, 7) is 0. The van der Waals surface area contributed by atoms with Gasteiger partial charge in [-0.3, -0.25) is 4.79 Å². The molecule has 1 heterocycles. The van der Waals surface area contributed by atoms with Crippen molar-refractivity contribution in [2.75, 3.05) is 0 Å². The number of carbonyl (C=O) groups is 1. The zero-order valence-corrected chi connectivity index (χ0v) is 10.7. The molecule has 3 rings (SSSR count). The van der Waals surface area contributed by atoms with E-state index in [9.17, 15) is 9.90 Å². The van der Waals surface area contributed by atoms with Crippen LogP contribution in [0.3, 0.4) is 0 Å². The number of benzene rings is 2. The van der Waals surface area contributed by atoms with Gasteiger partial charge in [-0.15, -0.1) is 0 Å². The van der Waals surface area contributed by atoms with Crippen molar-refractivity contribution in [2.45, 2.75) is 12.2 Å². The van der Waals surface area contributed by atoms with Crippen molar-refractivity contribution in [3.63, 3.8) is 0 Å². The summed E-state index contributed by atoms with van der Waals surface area (Å²) in [4.78, 5) is 12.2. The average molecular weight is 275 g/mol. The molecule has 2 aromatic rings. The maximum Gasteiger partial charge on any atom is 0.199 e. The molecule has 0 aromatic heterocycles. The van der Waals surface area contributed by atoms with Gasteiger partial charge in [0, 0.05) is 5.02 Å². The molecular formula is C15H11ClO3. The molecule has 0 bridgehead atoms. The number of ketones is 1. The summed E-state index contributed by atoms with van der Waals surface area (Å²) >= 11 is 5.85. The number of halogens is 1. The van der Waals surface area contributed by atoms with Crippen molar-refractivity contribution in [1.82, 2.24) is 0 Å². The summed E-state index contributed by atoms with van der Waals surface area (Å²) in [5, 5.41) is 10.6. The summed E-state index contributed by atoms with van der Waals surface area (Å²) in [5.41, 5.74) is 1.09. The first-order chi connectivity index (χ1) is 9.16. The maximum atomic E-state index is 12.2. The van der Waals surface area contributed by atoms with Crippen LogP contribution >= 0.6 is 11.6 Å². The Labute approximate surface area is 115 Å². The monoisotopic (exact) mass is 274 g/mol. The van der Waals surface area contributed by atoms with Gasteiger partial charge in [-0.05, 0) is 23.8 Å². The quantitative estimate of drug-likeness (QED) is 0.869. The Morgan fingerprint density at radius 3 is 2.58 bits per heavy atom. The fourth-order valence-electron chi connectivity index (χ4n) is 2.19. The first-order valence-corrected chi connectivity index (χ1v) is 6.28. The molecule has 0 spiro atoms. The van der Waals surface area contributed by atoms with E-state index >= 15 is 0 Å². The van der Waals surface area contributed by atoms with Crippen LogP contribution in [0, 0.1) is 0 Å². The van der Waals surface area contributed by atoms with Gasteiger partial charge in [-0.25, -0.2) is 0 Å². The Kier molecular flexibility index (Phi) is 3.01. The Balaban J connectivity index is 2.04. The van der Waals surface area contributed by atoms with Crippen molar-refractivity contribution in [2.24, 2.45) is 0 Å². The SMILES string of the molecule is O=C1c2cc(Cl)ccc2O[C@H](c2ccccc2)[C@H]1O. The summed E-state index contributed by atoms with van der Waals surface area (Å²) in [5.74, 6) is 0.0890. The van der Waals surface area contributed by atoms with Crippen molar-refractivity contribution in [1.29, 1.82) is 0 Å². The van der Waals surface area contributed by atoms with Crippen molar-refractivity contribution in [3.05, 3.63) is 64.7 Å². The van der Waals surface area contributed by atoms with Crippen LogP contribution in [-0.2, 0) is 0 Å². The molecule has 1 aliphatic heterocycles. The highest BCUT2D eigenvalue weighted by Crippen LogP contribution is 2.36. The third-order valence-corrected chi connectivity index (χ3v) is 3.38. The van der Waals surface area contributed by atoms with Gasteiger partial charge in [0.25, 0.3) is 0 Å². The third kappa shape index (κ3) is 2.11. The number of aliphatic hydroxyl groups is 1. The first kappa shape index (κ1) is 12.2. The molecule has 96 valence electrons. The van der Waals surface area contributed by atoms with E-state index in [1.54, 1.807) is 12.1 Å². The normalized spacial score (nSPS) is 21.7. The lowest BCUT2D eigenvalue weighted by atomic mass is 9.94. The summed E-state index contributed by atoms with van der Waals surface area (Å²) in [7, 11) is 0. The van der Waals surface area contributed by atoms with Crippen molar-refractivity contribution < 1.29 is 14.6 Å². The van der Waals surface area contributed by atoms with E-state index in [2.05, 4.69) is 0 Å². The molecule has 0 saturated carbocycles. The highest BCUT2D eigenvalue weighted by molar-refractivity contribution is 6.31. The van der Waals surface area contributed by atoms with E-state index in [1.165, 1.54) is 6.07 Å². The second kappa shape index (κ2) is 4.68. The molecule has 0 fully saturated rings. The third-order valence-electron chi connectivity index (χ3n) is 3.14. The molecular weight excluding hydrogens is 264 g/mol. The lowest BCUT2D eigenvalue weighted by Gasteiger charge is -2.29. The highest BCUT2D eigenvalue weighted by atomic mass is 35.5. The number of fused-ring (bicyclic) bond motifs is 1. The first-order valence-electron chi connectivity index (χ1n) is 5.90. The number of ether oxygens (including phenoxy) is 1. The van der Waals surface area contributed by atoms with Gasteiger partial charge >= 0.3 is 0 Å². The molecule has 0 amide bonds. The summed E-state index contributed by atoms with van der Waals surface area (Å²) < 4.78 is 5.73. The predicted molar refractivity (Wildman–Crippen MR) is 71.6 cm³/mol. The molecule has 0 saturated heterocycles. The largest absolute Gasteiger partial charge is 0.482 e. The van der Waals surface area contributed by atoms with E-state index < -0.39 is 12.2 Å². The van der Waals surface area contributed by atoms with Crippen LogP contribution in [0.15, 0.2) is 48.5 Å². The zero-order valence-electron chi connectivity index (χ0n) is 9.92. The minimum Gasteiger partial charge on any atom is -0.482 e. The van der Waals surface area contributed by atoms with Crippen LogP contribution < -0.4 is 4.74 Å². The van der Waals surface area contributed by atoms with Crippen LogP contribution in [0.4, 0.5) is 0 Å². The van der Waals surface area contributed by atoms with Crippen molar-refractivity contribution >= 4 is 17.4 Å². The van der Waals surface area contributed by atoms with Gasteiger partial charge in [0.15, 0.2) is 18.0 Å².